The normalized spacial score (nSPS) is 10.5. The molecule has 0 heterocycles. The van der Waals surface area contributed by atoms with Gasteiger partial charge in [0.2, 0.25) is 0 Å². The summed E-state index contributed by atoms with van der Waals surface area (Å²) < 4.78 is 5.70. The molecule has 0 radical (unpaired) electrons. The van der Waals surface area contributed by atoms with Crippen molar-refractivity contribution in [2.75, 3.05) is 11.9 Å². The molecule has 0 saturated heterocycles. The number of alkyl halides is 1. The molecule has 2 rings (SSSR count). The zero-order valence-corrected chi connectivity index (χ0v) is 15.3. The molecule has 0 saturated carbocycles. The van der Waals surface area contributed by atoms with Gasteiger partial charge in [-0.05, 0) is 61.4 Å². The van der Waals surface area contributed by atoms with E-state index in [4.69, 9.17) is 16.3 Å². The van der Waals surface area contributed by atoms with Gasteiger partial charge < -0.3 is 4.74 Å². The Morgan fingerprint density at radius 3 is 2.04 bits per heavy atom. The molecule has 0 atom stereocenters. The Hall–Kier alpha value is -1.32. The van der Waals surface area contributed by atoms with Gasteiger partial charge >= 0.3 is 0 Å². The van der Waals surface area contributed by atoms with Gasteiger partial charge in [0.05, 0.1) is 6.61 Å². The van der Waals surface area contributed by atoms with Crippen molar-refractivity contribution < 1.29 is 9.53 Å². The summed E-state index contributed by atoms with van der Waals surface area (Å²) in [5.41, 5.74) is 1.28. The molecule has 0 spiro atoms. The first-order chi connectivity index (χ1) is 11.2. The van der Waals surface area contributed by atoms with Gasteiger partial charge in [-0.1, -0.05) is 40.4 Å². The summed E-state index contributed by atoms with van der Waals surface area (Å²) >= 11 is 9.27. The number of carbonyl (C=O) groups is 1. The van der Waals surface area contributed by atoms with Crippen LogP contribution in [0.25, 0.3) is 0 Å². The predicted molar refractivity (Wildman–Crippen MR) is 99.1 cm³/mol. The van der Waals surface area contributed by atoms with Crippen LogP contribution < -0.4 is 4.74 Å². The molecule has 4 heteroatoms. The zero-order chi connectivity index (χ0) is 16.5. The topological polar surface area (TPSA) is 26.3 Å². The van der Waals surface area contributed by atoms with E-state index in [0.29, 0.717) is 22.8 Å². The Bertz CT molecular complexity index is 608. The van der Waals surface area contributed by atoms with E-state index in [9.17, 15) is 4.79 Å². The minimum absolute atomic E-state index is 0.0111. The largest absolute Gasteiger partial charge is 0.494 e. The van der Waals surface area contributed by atoms with E-state index < -0.39 is 0 Å². The fraction of sp³-hybridized carbons (Fsp3) is 0.316. The Balaban J connectivity index is 1.84. The van der Waals surface area contributed by atoms with Crippen molar-refractivity contribution >= 4 is 33.3 Å². The first-order valence-corrected chi connectivity index (χ1v) is 9.30. The van der Waals surface area contributed by atoms with Crippen LogP contribution in [0.5, 0.6) is 5.75 Å². The molecule has 0 aliphatic carbocycles. The lowest BCUT2D eigenvalue weighted by molar-refractivity contribution is 0.103. The molecular weight excluding hydrogens is 376 g/mol. The molecule has 0 bridgehead atoms. The monoisotopic (exact) mass is 394 g/mol. The molecule has 122 valence electrons. The highest BCUT2D eigenvalue weighted by atomic mass is 79.9. The van der Waals surface area contributed by atoms with Crippen molar-refractivity contribution in [2.24, 2.45) is 0 Å². The number of unbranched alkanes of at least 4 members (excludes halogenated alkanes) is 3. The van der Waals surface area contributed by atoms with E-state index in [0.717, 1.165) is 17.5 Å². The van der Waals surface area contributed by atoms with E-state index in [-0.39, 0.29) is 5.78 Å². The van der Waals surface area contributed by atoms with Crippen molar-refractivity contribution in [1.82, 2.24) is 0 Å². The van der Waals surface area contributed by atoms with Crippen LogP contribution >= 0.6 is 27.5 Å². The van der Waals surface area contributed by atoms with Crippen LogP contribution in [-0.4, -0.2) is 17.7 Å². The van der Waals surface area contributed by atoms with Gasteiger partial charge in [-0.3, -0.25) is 4.79 Å². The van der Waals surface area contributed by atoms with Crippen molar-refractivity contribution in [3.05, 3.63) is 64.7 Å². The Kier molecular flexibility index (Phi) is 7.63. The van der Waals surface area contributed by atoms with Gasteiger partial charge in [0.15, 0.2) is 5.78 Å². The van der Waals surface area contributed by atoms with E-state index in [1.807, 2.05) is 12.1 Å². The Morgan fingerprint density at radius 1 is 0.870 bits per heavy atom. The third-order valence-electron chi connectivity index (χ3n) is 3.52. The molecule has 0 N–H and O–H groups in total. The average Bonchev–Trinajstić information content (AvgIpc) is 2.58. The molecule has 0 aromatic heterocycles. The minimum atomic E-state index is -0.0111. The minimum Gasteiger partial charge on any atom is -0.494 e. The number of rotatable bonds is 9. The third kappa shape index (κ3) is 6.00. The average molecular weight is 396 g/mol. The molecule has 0 fully saturated rings. The van der Waals surface area contributed by atoms with E-state index in [1.165, 1.54) is 19.3 Å². The summed E-state index contributed by atoms with van der Waals surface area (Å²) in [6, 6.07) is 14.2. The maximum atomic E-state index is 12.3. The van der Waals surface area contributed by atoms with Crippen LogP contribution in [0.3, 0.4) is 0 Å². The summed E-state index contributed by atoms with van der Waals surface area (Å²) in [7, 11) is 0. The predicted octanol–water partition coefficient (Wildman–Crippen LogP) is 5.91. The van der Waals surface area contributed by atoms with Gasteiger partial charge in [-0.25, -0.2) is 0 Å². The lowest BCUT2D eigenvalue weighted by atomic mass is 10.0. The molecule has 0 aliphatic rings. The highest BCUT2D eigenvalue weighted by Gasteiger charge is 2.08. The summed E-state index contributed by atoms with van der Waals surface area (Å²) in [6.45, 7) is 0.715. The number of halogens is 2. The molecule has 0 aliphatic heterocycles. The van der Waals surface area contributed by atoms with Gasteiger partial charge in [0, 0.05) is 21.5 Å². The van der Waals surface area contributed by atoms with Crippen molar-refractivity contribution in [3.63, 3.8) is 0 Å². The van der Waals surface area contributed by atoms with Crippen molar-refractivity contribution in [1.29, 1.82) is 0 Å². The van der Waals surface area contributed by atoms with Crippen molar-refractivity contribution in [3.8, 4) is 5.75 Å². The second kappa shape index (κ2) is 9.74. The number of hydrogen-bond acceptors (Lipinski definition) is 2. The lowest BCUT2D eigenvalue weighted by Crippen LogP contribution is -2.02. The van der Waals surface area contributed by atoms with Gasteiger partial charge in [0.25, 0.3) is 0 Å². The third-order valence-corrected chi connectivity index (χ3v) is 4.33. The summed E-state index contributed by atoms with van der Waals surface area (Å²) in [6.07, 6.45) is 4.67. The van der Waals surface area contributed by atoms with Gasteiger partial charge in [-0.2, -0.15) is 0 Å². The second-order valence-corrected chi connectivity index (χ2v) is 6.54. The first kappa shape index (κ1) is 18.0. The van der Waals surface area contributed by atoms with Crippen LogP contribution in [0.4, 0.5) is 0 Å². The zero-order valence-electron chi connectivity index (χ0n) is 12.9. The highest BCUT2D eigenvalue weighted by Crippen LogP contribution is 2.17. The number of ketones is 1. The molecule has 23 heavy (non-hydrogen) atoms. The maximum absolute atomic E-state index is 12.3. The maximum Gasteiger partial charge on any atom is 0.193 e. The summed E-state index contributed by atoms with van der Waals surface area (Å²) in [4.78, 5) is 12.3. The lowest BCUT2D eigenvalue weighted by Gasteiger charge is -2.07. The molecule has 2 aromatic rings. The number of carbonyl (C=O) groups excluding carboxylic acids is 1. The van der Waals surface area contributed by atoms with Crippen LogP contribution in [0.15, 0.2) is 48.5 Å². The SMILES string of the molecule is O=C(c1ccc(Cl)cc1)c1ccc(OCCCCCCBr)cc1. The standard InChI is InChI=1S/C19H20BrClO2/c20-13-3-1-2-4-14-23-18-11-7-16(8-12-18)19(22)15-5-9-17(21)10-6-15/h5-12H,1-4,13-14H2. The molecule has 0 unspecified atom stereocenters. The smallest absolute Gasteiger partial charge is 0.193 e. The Labute approximate surface area is 150 Å². The summed E-state index contributed by atoms with van der Waals surface area (Å²) in [5.74, 6) is 0.793. The fourth-order valence-electron chi connectivity index (χ4n) is 2.21. The van der Waals surface area contributed by atoms with E-state index in [2.05, 4.69) is 15.9 Å². The molecular formula is C19H20BrClO2. The highest BCUT2D eigenvalue weighted by molar-refractivity contribution is 9.09. The Morgan fingerprint density at radius 2 is 1.43 bits per heavy atom. The number of ether oxygens (including phenoxy) is 1. The van der Waals surface area contributed by atoms with Crippen LogP contribution in [0.2, 0.25) is 5.02 Å². The molecule has 2 nitrogen and oxygen atoms in total. The van der Waals surface area contributed by atoms with Crippen molar-refractivity contribution in [2.45, 2.75) is 25.7 Å². The van der Waals surface area contributed by atoms with Gasteiger partial charge in [0.1, 0.15) is 5.75 Å². The van der Waals surface area contributed by atoms with E-state index >= 15 is 0 Å². The van der Waals surface area contributed by atoms with Crippen LogP contribution in [0, 0.1) is 0 Å². The molecule has 0 amide bonds. The number of benzene rings is 2. The quantitative estimate of drug-likeness (QED) is 0.300. The molecule has 2 aromatic carbocycles. The van der Waals surface area contributed by atoms with Crippen LogP contribution in [0.1, 0.15) is 41.6 Å². The number of hydrogen-bond donors (Lipinski definition) is 0. The second-order valence-electron chi connectivity index (χ2n) is 5.31. The first-order valence-electron chi connectivity index (χ1n) is 7.80. The van der Waals surface area contributed by atoms with Crippen LogP contribution in [-0.2, 0) is 0 Å². The summed E-state index contributed by atoms with van der Waals surface area (Å²) in [5, 5.41) is 1.69. The van der Waals surface area contributed by atoms with E-state index in [1.54, 1.807) is 36.4 Å². The fourth-order valence-corrected chi connectivity index (χ4v) is 2.73. The van der Waals surface area contributed by atoms with Gasteiger partial charge in [-0.15, -0.1) is 0 Å².